The lowest BCUT2D eigenvalue weighted by Gasteiger charge is -2.32. The van der Waals surface area contributed by atoms with Crippen molar-refractivity contribution in [1.82, 2.24) is 4.98 Å². The molecule has 0 atom stereocenters. The summed E-state index contributed by atoms with van der Waals surface area (Å²) in [6.45, 7) is 7.79. The summed E-state index contributed by atoms with van der Waals surface area (Å²) < 4.78 is 57.4. The highest BCUT2D eigenvalue weighted by molar-refractivity contribution is 6.62. The predicted octanol–water partition coefficient (Wildman–Crippen LogP) is 4.83. The van der Waals surface area contributed by atoms with Crippen LogP contribution in [0, 0.1) is 11.6 Å². The highest BCUT2D eigenvalue weighted by atomic mass is 19.1. The zero-order chi connectivity index (χ0) is 25.2. The van der Waals surface area contributed by atoms with Crippen molar-refractivity contribution in [2.45, 2.75) is 52.1 Å². The van der Waals surface area contributed by atoms with Crippen LogP contribution in [0.5, 0.6) is 17.4 Å². The normalized spacial score (nSPS) is 16.3. The molecule has 0 amide bonds. The van der Waals surface area contributed by atoms with Gasteiger partial charge in [0.1, 0.15) is 19.0 Å². The number of halogens is 2. The molecule has 6 nitrogen and oxygen atoms in total. The molecule has 0 saturated carbocycles. The third kappa shape index (κ3) is 5.57. The number of pyridine rings is 1. The minimum atomic E-state index is -0.868. The summed E-state index contributed by atoms with van der Waals surface area (Å²) in [7, 11) is 0.743. The highest BCUT2D eigenvalue weighted by Crippen LogP contribution is 2.37. The molecule has 2 aromatic carbocycles. The fourth-order valence-electron chi connectivity index (χ4n) is 3.45. The zero-order valence-electron chi connectivity index (χ0n) is 20.4. The Bertz CT molecular complexity index is 1130. The lowest BCUT2D eigenvalue weighted by Crippen LogP contribution is -2.41. The average molecular weight is 483 g/mol. The van der Waals surface area contributed by atoms with Gasteiger partial charge in [-0.2, -0.15) is 0 Å². The van der Waals surface area contributed by atoms with Gasteiger partial charge in [0, 0.05) is 17.8 Å². The second kappa shape index (κ2) is 9.83. The molecule has 1 aromatic heterocycles. The van der Waals surface area contributed by atoms with Crippen LogP contribution in [0.3, 0.4) is 0 Å². The third-order valence-corrected chi connectivity index (χ3v) is 6.27. The summed E-state index contributed by atoms with van der Waals surface area (Å²) in [6.07, 6.45) is 1.54. The Morgan fingerprint density at radius 1 is 0.829 bits per heavy atom. The molecule has 1 fully saturated rings. The van der Waals surface area contributed by atoms with E-state index in [1.807, 2.05) is 52.0 Å². The summed E-state index contributed by atoms with van der Waals surface area (Å²) in [5.41, 5.74) is 0.630. The number of hydrogen-bond donors (Lipinski definition) is 0. The van der Waals surface area contributed by atoms with Gasteiger partial charge in [-0.25, -0.2) is 13.8 Å². The monoisotopic (exact) mass is 483 g/mol. The van der Waals surface area contributed by atoms with Gasteiger partial charge in [-0.05, 0) is 69.1 Å². The standard InChI is InChI=1S/C26H28BF2NO5/c1-25(2)26(3,4)35-27(34-25)19-12-21(28)24(22(29)13-19)33-16-18-8-11-23(30-14-18)32-15-17-6-9-20(31-5)10-7-17/h6-14H,15-16H2,1-5H3. The van der Waals surface area contributed by atoms with E-state index in [0.29, 0.717) is 18.1 Å². The number of benzene rings is 2. The first-order valence-corrected chi connectivity index (χ1v) is 11.3. The van der Waals surface area contributed by atoms with Crippen molar-refractivity contribution in [3.05, 3.63) is 77.5 Å². The quantitative estimate of drug-likeness (QED) is 0.428. The molecule has 0 spiro atoms. The Morgan fingerprint density at radius 2 is 1.40 bits per heavy atom. The van der Waals surface area contributed by atoms with Gasteiger partial charge in [-0.3, -0.25) is 0 Å². The molecule has 1 saturated heterocycles. The van der Waals surface area contributed by atoms with Crippen molar-refractivity contribution < 1.29 is 32.3 Å². The molecule has 35 heavy (non-hydrogen) atoms. The Morgan fingerprint density at radius 3 is 1.94 bits per heavy atom. The van der Waals surface area contributed by atoms with Crippen molar-refractivity contribution in [3.8, 4) is 17.4 Å². The summed E-state index contributed by atoms with van der Waals surface area (Å²) in [6, 6.07) is 13.3. The van der Waals surface area contributed by atoms with Crippen molar-refractivity contribution >= 4 is 12.6 Å². The van der Waals surface area contributed by atoms with Gasteiger partial charge in [0.15, 0.2) is 17.4 Å². The SMILES string of the molecule is COc1ccc(COc2ccc(COc3c(F)cc(B4OC(C)(C)C(C)(C)O4)cc3F)cn2)cc1. The Kier molecular flexibility index (Phi) is 7.01. The molecule has 1 aliphatic rings. The van der Waals surface area contributed by atoms with E-state index >= 15 is 0 Å². The molecule has 3 aromatic rings. The minimum absolute atomic E-state index is 0.0601. The van der Waals surface area contributed by atoms with Crippen LogP contribution in [-0.4, -0.2) is 30.4 Å². The zero-order valence-corrected chi connectivity index (χ0v) is 20.4. The molecule has 4 rings (SSSR count). The first kappa shape index (κ1) is 24.9. The van der Waals surface area contributed by atoms with Gasteiger partial charge in [0.2, 0.25) is 5.88 Å². The largest absolute Gasteiger partial charge is 0.497 e. The maximum atomic E-state index is 14.7. The minimum Gasteiger partial charge on any atom is -0.497 e. The van der Waals surface area contributed by atoms with E-state index in [4.69, 9.17) is 23.5 Å². The molecule has 0 unspecified atom stereocenters. The smallest absolute Gasteiger partial charge is 0.495 e. The second-order valence-corrected chi connectivity index (χ2v) is 9.33. The Labute approximate surface area is 204 Å². The predicted molar refractivity (Wildman–Crippen MR) is 128 cm³/mol. The van der Waals surface area contributed by atoms with E-state index in [1.165, 1.54) is 18.3 Å². The summed E-state index contributed by atoms with van der Waals surface area (Å²) in [5.74, 6) is -0.935. The second-order valence-electron chi connectivity index (χ2n) is 9.33. The van der Waals surface area contributed by atoms with E-state index < -0.39 is 35.7 Å². The lowest BCUT2D eigenvalue weighted by molar-refractivity contribution is 0.00578. The molecule has 9 heteroatoms. The molecule has 0 aliphatic carbocycles. The third-order valence-electron chi connectivity index (χ3n) is 6.27. The fraction of sp³-hybridized carbons (Fsp3) is 0.346. The average Bonchev–Trinajstić information content (AvgIpc) is 3.05. The van der Waals surface area contributed by atoms with Gasteiger partial charge in [-0.1, -0.05) is 12.1 Å². The van der Waals surface area contributed by atoms with E-state index in [9.17, 15) is 8.78 Å². The van der Waals surface area contributed by atoms with E-state index in [-0.39, 0.29) is 12.1 Å². The van der Waals surface area contributed by atoms with Crippen LogP contribution in [0.2, 0.25) is 0 Å². The van der Waals surface area contributed by atoms with Gasteiger partial charge < -0.3 is 23.5 Å². The van der Waals surface area contributed by atoms with Crippen LogP contribution >= 0.6 is 0 Å². The first-order valence-electron chi connectivity index (χ1n) is 11.3. The lowest BCUT2D eigenvalue weighted by atomic mass is 9.79. The van der Waals surface area contributed by atoms with Gasteiger partial charge in [0.25, 0.3) is 0 Å². The molecule has 0 radical (unpaired) electrons. The van der Waals surface area contributed by atoms with E-state index in [1.54, 1.807) is 19.2 Å². The number of hydrogen-bond acceptors (Lipinski definition) is 6. The first-order chi connectivity index (χ1) is 16.6. The fourth-order valence-corrected chi connectivity index (χ4v) is 3.45. The maximum Gasteiger partial charge on any atom is 0.495 e. The van der Waals surface area contributed by atoms with Crippen LogP contribution in [0.1, 0.15) is 38.8 Å². The van der Waals surface area contributed by atoms with Crippen LogP contribution in [0.25, 0.3) is 0 Å². The molecule has 0 bridgehead atoms. The van der Waals surface area contributed by atoms with Crippen LogP contribution < -0.4 is 19.7 Å². The van der Waals surface area contributed by atoms with Crippen molar-refractivity contribution in [3.63, 3.8) is 0 Å². The molecule has 184 valence electrons. The summed E-state index contributed by atoms with van der Waals surface area (Å²) in [4.78, 5) is 4.23. The molecular weight excluding hydrogens is 455 g/mol. The molecule has 1 aliphatic heterocycles. The van der Waals surface area contributed by atoms with Crippen LogP contribution in [-0.2, 0) is 22.5 Å². The van der Waals surface area contributed by atoms with Crippen LogP contribution in [0.4, 0.5) is 8.78 Å². The Hall–Kier alpha value is -3.17. The van der Waals surface area contributed by atoms with Crippen molar-refractivity contribution in [2.24, 2.45) is 0 Å². The molecule has 2 heterocycles. The van der Waals surface area contributed by atoms with Crippen molar-refractivity contribution in [2.75, 3.05) is 7.11 Å². The number of methoxy groups -OCH3 is 1. The van der Waals surface area contributed by atoms with Gasteiger partial charge >= 0.3 is 7.12 Å². The highest BCUT2D eigenvalue weighted by Gasteiger charge is 2.52. The Balaban J connectivity index is 1.35. The number of rotatable bonds is 8. The van der Waals surface area contributed by atoms with E-state index in [0.717, 1.165) is 11.3 Å². The molecular formula is C26H28BF2NO5. The molecule has 0 N–H and O–H groups in total. The number of ether oxygens (including phenoxy) is 3. The van der Waals surface area contributed by atoms with Gasteiger partial charge in [0.05, 0.1) is 18.3 Å². The van der Waals surface area contributed by atoms with E-state index in [2.05, 4.69) is 4.98 Å². The summed E-state index contributed by atoms with van der Waals surface area (Å²) in [5, 5.41) is 0. The topological polar surface area (TPSA) is 59.0 Å². The van der Waals surface area contributed by atoms with Crippen LogP contribution in [0.15, 0.2) is 54.7 Å². The summed E-state index contributed by atoms with van der Waals surface area (Å²) >= 11 is 0. The number of nitrogens with zero attached hydrogens (tertiary/aromatic N) is 1. The maximum absolute atomic E-state index is 14.7. The van der Waals surface area contributed by atoms with Gasteiger partial charge in [-0.15, -0.1) is 0 Å². The van der Waals surface area contributed by atoms with Crippen molar-refractivity contribution in [1.29, 1.82) is 0 Å². The number of aromatic nitrogens is 1.